The second-order valence-electron chi connectivity index (χ2n) is 11.3. The van der Waals surface area contributed by atoms with Crippen molar-refractivity contribution in [1.82, 2.24) is 0 Å². The number of allylic oxidation sites excluding steroid dienone is 2. The van der Waals surface area contributed by atoms with Crippen molar-refractivity contribution in [2.75, 3.05) is 26.4 Å². The van der Waals surface area contributed by atoms with E-state index in [1.165, 1.54) is 50.5 Å². The first kappa shape index (κ1) is 33.8. The van der Waals surface area contributed by atoms with Crippen LogP contribution in [0.15, 0.2) is 11.6 Å². The van der Waals surface area contributed by atoms with Gasteiger partial charge in [0, 0.05) is 6.42 Å². The Morgan fingerprint density at radius 1 is 0.800 bits per heavy atom. The molecule has 0 radical (unpaired) electrons. The number of carbonyl (C=O) groups is 2. The number of aliphatic hydroxyl groups is 3. The van der Waals surface area contributed by atoms with Crippen molar-refractivity contribution in [1.29, 1.82) is 0 Å². The number of Topliss-reactive ketones (excluding diaryl/α,β-unsaturated/α-hetero) is 1. The molecule has 0 bridgehead atoms. The molecule has 6 nitrogen and oxygen atoms in total. The van der Waals surface area contributed by atoms with Crippen molar-refractivity contribution >= 4 is 11.8 Å². The molecule has 3 N–H and O–H groups in total. The van der Waals surface area contributed by atoms with Gasteiger partial charge in [0.1, 0.15) is 18.8 Å². The van der Waals surface area contributed by atoms with Crippen molar-refractivity contribution < 1.29 is 29.6 Å². The van der Waals surface area contributed by atoms with Crippen LogP contribution in [0.2, 0.25) is 0 Å². The van der Waals surface area contributed by atoms with E-state index in [1.807, 2.05) is 0 Å². The Morgan fingerprint density at radius 3 is 1.83 bits per heavy atom. The van der Waals surface area contributed by atoms with E-state index in [0.717, 1.165) is 30.6 Å². The molecule has 0 heterocycles. The van der Waals surface area contributed by atoms with Crippen LogP contribution < -0.4 is 0 Å². The molecule has 0 saturated carbocycles. The maximum Gasteiger partial charge on any atom is 0.313 e. The van der Waals surface area contributed by atoms with Crippen LogP contribution in [0.5, 0.6) is 0 Å². The maximum atomic E-state index is 12.0. The molecule has 2 unspecified atom stereocenters. The van der Waals surface area contributed by atoms with E-state index in [2.05, 4.69) is 40.7 Å². The lowest BCUT2D eigenvalue weighted by Crippen LogP contribution is -2.39. The molecule has 0 aromatic heterocycles. The molecular formula is C29H54O6. The van der Waals surface area contributed by atoms with Crippen LogP contribution in [0.4, 0.5) is 0 Å². The van der Waals surface area contributed by atoms with Gasteiger partial charge in [-0.25, -0.2) is 0 Å². The van der Waals surface area contributed by atoms with Crippen molar-refractivity contribution in [2.45, 2.75) is 112 Å². The summed E-state index contributed by atoms with van der Waals surface area (Å²) in [6.45, 7) is 9.58. The molecule has 0 spiro atoms. The summed E-state index contributed by atoms with van der Waals surface area (Å²) < 4.78 is 4.97. The highest BCUT2D eigenvalue weighted by Crippen LogP contribution is 2.22. The zero-order valence-electron chi connectivity index (χ0n) is 23.2. The molecule has 0 aliphatic rings. The predicted octanol–water partition coefficient (Wildman–Crippen LogP) is 5.62. The summed E-state index contributed by atoms with van der Waals surface area (Å²) in [5.41, 5.74) is 0.00623. The van der Waals surface area contributed by atoms with E-state index >= 15 is 0 Å². The Hall–Kier alpha value is -1.24. The van der Waals surface area contributed by atoms with Gasteiger partial charge in [0.25, 0.3) is 0 Å². The van der Waals surface area contributed by atoms with Crippen molar-refractivity contribution in [3.8, 4) is 0 Å². The van der Waals surface area contributed by atoms with Gasteiger partial charge < -0.3 is 20.1 Å². The van der Waals surface area contributed by atoms with Gasteiger partial charge in [-0.3, -0.25) is 9.59 Å². The zero-order valence-corrected chi connectivity index (χ0v) is 23.2. The van der Waals surface area contributed by atoms with Crippen LogP contribution in [0.3, 0.4) is 0 Å². The summed E-state index contributed by atoms with van der Waals surface area (Å²) in [4.78, 5) is 23.9. The SMILES string of the molecule is CC(=CCCC(=O)CC(=O)OCC(CO)(CO)CO)CCCC(C)CCCC(C)CCCC(C)C. The molecular weight excluding hydrogens is 444 g/mol. The highest BCUT2D eigenvalue weighted by atomic mass is 16.5. The third-order valence-corrected chi connectivity index (χ3v) is 6.94. The smallest absolute Gasteiger partial charge is 0.313 e. The lowest BCUT2D eigenvalue weighted by atomic mass is 9.91. The first-order valence-electron chi connectivity index (χ1n) is 13.7. The fourth-order valence-corrected chi connectivity index (χ4v) is 4.11. The fourth-order valence-electron chi connectivity index (χ4n) is 4.11. The first-order valence-corrected chi connectivity index (χ1v) is 13.7. The molecule has 0 aliphatic heterocycles. The number of rotatable bonds is 22. The molecule has 0 amide bonds. The largest absolute Gasteiger partial charge is 0.464 e. The van der Waals surface area contributed by atoms with Gasteiger partial charge in [-0.1, -0.05) is 84.3 Å². The quantitative estimate of drug-likeness (QED) is 0.102. The molecule has 6 heteroatoms. The van der Waals surface area contributed by atoms with Gasteiger partial charge in [-0.2, -0.15) is 0 Å². The molecule has 35 heavy (non-hydrogen) atoms. The predicted molar refractivity (Wildman–Crippen MR) is 142 cm³/mol. The summed E-state index contributed by atoms with van der Waals surface area (Å²) in [5.74, 6) is 1.50. The molecule has 206 valence electrons. The van der Waals surface area contributed by atoms with Crippen molar-refractivity contribution in [3.05, 3.63) is 11.6 Å². The van der Waals surface area contributed by atoms with Gasteiger partial charge in [-0.05, 0) is 43.9 Å². The van der Waals surface area contributed by atoms with E-state index in [-0.39, 0.29) is 25.2 Å². The van der Waals surface area contributed by atoms with E-state index in [4.69, 9.17) is 4.74 Å². The standard InChI is InChI=1S/C29H54O6/c1-23(2)10-6-11-24(3)12-7-13-25(4)14-8-15-26(5)16-9-17-27(33)18-28(34)35-22-29(19-30,20-31)21-32/h16,23-25,30-32H,6-15,17-22H2,1-5H3. The van der Waals surface area contributed by atoms with Crippen LogP contribution >= 0.6 is 0 Å². The summed E-state index contributed by atoms with van der Waals surface area (Å²) in [6.07, 6.45) is 14.1. The fraction of sp³-hybridized carbons (Fsp3) is 0.862. The minimum atomic E-state index is -1.28. The monoisotopic (exact) mass is 498 g/mol. The van der Waals surface area contributed by atoms with Crippen LogP contribution in [0.25, 0.3) is 0 Å². The van der Waals surface area contributed by atoms with Crippen LogP contribution in [0, 0.1) is 23.2 Å². The Kier molecular flexibility index (Phi) is 19.2. The Morgan fingerprint density at radius 2 is 1.31 bits per heavy atom. The molecule has 2 atom stereocenters. The van der Waals surface area contributed by atoms with Gasteiger partial charge in [0.15, 0.2) is 0 Å². The van der Waals surface area contributed by atoms with E-state index in [1.54, 1.807) is 0 Å². The normalized spacial score (nSPS) is 14.3. The molecule has 0 aromatic rings. The van der Waals surface area contributed by atoms with Gasteiger partial charge in [0.2, 0.25) is 0 Å². The third-order valence-electron chi connectivity index (χ3n) is 6.94. The lowest BCUT2D eigenvalue weighted by Gasteiger charge is -2.26. The Bertz CT molecular complexity index is 586. The van der Waals surface area contributed by atoms with E-state index in [9.17, 15) is 24.9 Å². The average Bonchev–Trinajstić information content (AvgIpc) is 2.80. The number of ether oxygens (including phenoxy) is 1. The van der Waals surface area contributed by atoms with E-state index < -0.39 is 31.2 Å². The highest BCUT2D eigenvalue weighted by Gasteiger charge is 2.30. The number of ketones is 1. The minimum Gasteiger partial charge on any atom is -0.464 e. The lowest BCUT2D eigenvalue weighted by molar-refractivity contribution is -0.152. The van der Waals surface area contributed by atoms with Crippen molar-refractivity contribution in [2.24, 2.45) is 23.2 Å². The number of carbonyl (C=O) groups excluding carboxylic acids is 2. The topological polar surface area (TPSA) is 104 Å². The minimum absolute atomic E-state index is 0.200. The summed E-state index contributed by atoms with van der Waals surface area (Å²) in [7, 11) is 0. The zero-order chi connectivity index (χ0) is 26.7. The number of hydrogen-bond acceptors (Lipinski definition) is 6. The maximum absolute atomic E-state index is 12.0. The number of hydrogen-bond donors (Lipinski definition) is 3. The van der Waals surface area contributed by atoms with Crippen molar-refractivity contribution in [3.63, 3.8) is 0 Å². The molecule has 0 aliphatic carbocycles. The Balaban J connectivity index is 3.97. The summed E-state index contributed by atoms with van der Waals surface area (Å²) in [5, 5.41) is 27.7. The van der Waals surface area contributed by atoms with Gasteiger partial charge >= 0.3 is 5.97 Å². The summed E-state index contributed by atoms with van der Waals surface area (Å²) >= 11 is 0. The van der Waals surface area contributed by atoms with Gasteiger partial charge in [-0.15, -0.1) is 0 Å². The third kappa shape index (κ3) is 17.8. The van der Waals surface area contributed by atoms with Crippen LogP contribution in [0.1, 0.15) is 112 Å². The molecule has 0 aromatic carbocycles. The molecule has 0 rings (SSSR count). The van der Waals surface area contributed by atoms with Gasteiger partial charge in [0.05, 0.1) is 25.2 Å². The Labute approximate surface area is 214 Å². The molecule has 0 fully saturated rings. The van der Waals surface area contributed by atoms with E-state index in [0.29, 0.717) is 6.42 Å². The van der Waals surface area contributed by atoms with Crippen LogP contribution in [-0.4, -0.2) is 53.5 Å². The summed E-state index contributed by atoms with van der Waals surface area (Å²) in [6, 6.07) is 0. The van der Waals surface area contributed by atoms with Crippen LogP contribution in [-0.2, 0) is 14.3 Å². The first-order chi connectivity index (χ1) is 16.6. The second-order valence-corrected chi connectivity index (χ2v) is 11.3. The number of esters is 1. The molecule has 0 saturated heterocycles. The highest BCUT2D eigenvalue weighted by molar-refractivity contribution is 5.95. The number of aliphatic hydroxyl groups excluding tert-OH is 3. The average molecular weight is 499 g/mol. The second kappa shape index (κ2) is 19.9.